The molecule has 1 aromatic carbocycles. The second-order valence-corrected chi connectivity index (χ2v) is 17.8. The van der Waals surface area contributed by atoms with E-state index in [0.717, 1.165) is 22.9 Å². The Bertz CT molecular complexity index is 1780. The normalized spacial score (nSPS) is 27.6. The average molecular weight is 728 g/mol. The number of hydrogen-bond donors (Lipinski definition) is 4. The lowest BCUT2D eigenvalue weighted by molar-refractivity contribution is -0.141. The van der Waals surface area contributed by atoms with Crippen molar-refractivity contribution in [1.29, 1.82) is 0 Å². The minimum atomic E-state index is -3.89. The molecule has 5 atom stereocenters. The molecule has 2 aromatic rings. The van der Waals surface area contributed by atoms with Gasteiger partial charge in [0.1, 0.15) is 23.2 Å². The van der Waals surface area contributed by atoms with Crippen LogP contribution in [0.4, 0.5) is 4.79 Å². The van der Waals surface area contributed by atoms with Gasteiger partial charge in [0, 0.05) is 23.2 Å². The first kappa shape index (κ1) is 35.8. The number of fused-ring (bicyclic) bond motifs is 3. The van der Waals surface area contributed by atoms with Gasteiger partial charge in [0.25, 0.3) is 11.8 Å². The first-order valence-electron chi connectivity index (χ1n) is 17.3. The summed E-state index contributed by atoms with van der Waals surface area (Å²) >= 11 is 1.34. The first-order valence-corrected chi connectivity index (χ1v) is 19.7. The summed E-state index contributed by atoms with van der Waals surface area (Å²) in [5.74, 6) is -2.72. The van der Waals surface area contributed by atoms with Gasteiger partial charge < -0.3 is 25.6 Å². The number of rotatable bonds is 6. The summed E-state index contributed by atoms with van der Waals surface area (Å²) in [4.78, 5) is 70.2. The van der Waals surface area contributed by atoms with Crippen molar-refractivity contribution in [2.45, 2.75) is 113 Å². The Hall–Kier alpha value is -3.98. The fourth-order valence-electron chi connectivity index (χ4n) is 6.71. The predicted octanol–water partition coefficient (Wildman–Crippen LogP) is 3.50. The van der Waals surface area contributed by atoms with Crippen molar-refractivity contribution >= 4 is 61.2 Å². The molecule has 50 heavy (non-hydrogen) atoms. The number of benzene rings is 1. The van der Waals surface area contributed by atoms with Crippen LogP contribution in [0.25, 0.3) is 10.1 Å². The molecule has 2 aliphatic heterocycles. The van der Waals surface area contributed by atoms with Crippen LogP contribution in [0.2, 0.25) is 0 Å². The fraction of sp³-hybridized carbons (Fsp3) is 0.571. The van der Waals surface area contributed by atoms with Gasteiger partial charge in [0.2, 0.25) is 21.8 Å². The molecule has 0 radical (unpaired) electrons. The molecule has 1 saturated heterocycles. The third-order valence-electron chi connectivity index (χ3n) is 9.56. The Kier molecular flexibility index (Phi) is 10.0. The summed E-state index contributed by atoms with van der Waals surface area (Å²) in [5, 5.41) is 8.83. The Balaban J connectivity index is 1.27. The van der Waals surface area contributed by atoms with Crippen molar-refractivity contribution in [2.75, 3.05) is 6.54 Å². The number of hydrogen-bond acceptors (Lipinski definition) is 9. The van der Waals surface area contributed by atoms with E-state index in [1.54, 1.807) is 26.8 Å². The van der Waals surface area contributed by atoms with E-state index < -0.39 is 74.3 Å². The van der Waals surface area contributed by atoms with Crippen molar-refractivity contribution in [2.24, 2.45) is 5.92 Å². The van der Waals surface area contributed by atoms with Crippen LogP contribution >= 0.6 is 11.3 Å². The quantitative estimate of drug-likeness (QED) is 0.327. The molecule has 13 nitrogen and oxygen atoms in total. The molecule has 2 saturated carbocycles. The Morgan fingerprint density at radius 3 is 2.52 bits per heavy atom. The highest BCUT2D eigenvalue weighted by molar-refractivity contribution is 7.91. The molecule has 4 aliphatic rings. The van der Waals surface area contributed by atoms with Gasteiger partial charge in [-0.2, -0.15) is 0 Å². The number of thiophene rings is 1. The van der Waals surface area contributed by atoms with Crippen LogP contribution in [-0.4, -0.2) is 84.1 Å². The molecule has 3 fully saturated rings. The number of alkyl carbamates (subject to hydrolysis) is 1. The van der Waals surface area contributed by atoms with Crippen LogP contribution in [0.3, 0.4) is 0 Å². The number of carbonyl (C=O) groups is 5. The maximum Gasteiger partial charge on any atom is 0.408 e. The van der Waals surface area contributed by atoms with E-state index in [2.05, 4.69) is 20.7 Å². The SMILES string of the molecule is CC(C)(C)OC(=O)N[C@H]1CCCCCC=C[C@@H]2C[C@@]2(C(=O)NS(=O)(=O)C2CC2)NC(=O)[C@@H]2C[C@@H](NC(=O)c3cc4ccccc4s3)CN2C1=O. The number of amides is 5. The van der Waals surface area contributed by atoms with Crippen LogP contribution in [-0.2, 0) is 29.1 Å². The van der Waals surface area contributed by atoms with Gasteiger partial charge in [-0.15, -0.1) is 11.3 Å². The summed E-state index contributed by atoms with van der Waals surface area (Å²) < 4.78 is 34.1. The number of sulfonamides is 1. The minimum Gasteiger partial charge on any atom is -0.444 e. The number of carbonyl (C=O) groups excluding carboxylic acids is 5. The third-order valence-corrected chi connectivity index (χ3v) is 12.5. The number of allylic oxidation sites excluding steroid dienone is 1. The highest BCUT2D eigenvalue weighted by atomic mass is 32.2. The zero-order valence-corrected chi connectivity index (χ0v) is 30.2. The molecule has 6 rings (SSSR count). The molecule has 4 N–H and O–H groups in total. The summed E-state index contributed by atoms with van der Waals surface area (Å²) in [5.41, 5.74) is -2.31. The maximum absolute atomic E-state index is 14.3. The van der Waals surface area contributed by atoms with Crippen molar-refractivity contribution < 1.29 is 37.1 Å². The van der Waals surface area contributed by atoms with E-state index in [4.69, 9.17) is 4.74 Å². The molecular formula is C35H45N5O8S2. The first-order chi connectivity index (χ1) is 23.6. The monoisotopic (exact) mass is 727 g/mol. The van der Waals surface area contributed by atoms with E-state index in [1.165, 1.54) is 16.2 Å². The van der Waals surface area contributed by atoms with Crippen LogP contribution in [0.15, 0.2) is 42.5 Å². The van der Waals surface area contributed by atoms with Crippen LogP contribution in [0.5, 0.6) is 0 Å². The van der Waals surface area contributed by atoms with Crippen molar-refractivity contribution in [3.8, 4) is 0 Å². The molecule has 0 bridgehead atoms. The van der Waals surface area contributed by atoms with Crippen molar-refractivity contribution in [3.63, 3.8) is 0 Å². The van der Waals surface area contributed by atoms with Crippen LogP contribution < -0.4 is 20.7 Å². The predicted molar refractivity (Wildman–Crippen MR) is 188 cm³/mol. The Labute approximate surface area is 296 Å². The van der Waals surface area contributed by atoms with E-state index in [1.807, 2.05) is 36.4 Å². The molecule has 0 spiro atoms. The lowest BCUT2D eigenvalue weighted by Gasteiger charge is -2.30. The van der Waals surface area contributed by atoms with Gasteiger partial charge in [0.15, 0.2) is 0 Å². The molecular weight excluding hydrogens is 683 g/mol. The number of nitrogens with zero attached hydrogens (tertiary/aromatic N) is 1. The van der Waals surface area contributed by atoms with E-state index in [0.29, 0.717) is 37.0 Å². The second kappa shape index (κ2) is 14.0. The highest BCUT2D eigenvalue weighted by Gasteiger charge is 2.62. The van der Waals surface area contributed by atoms with E-state index in [9.17, 15) is 32.4 Å². The number of ether oxygens (including phenoxy) is 1. The van der Waals surface area contributed by atoms with Gasteiger partial charge in [-0.25, -0.2) is 13.2 Å². The van der Waals surface area contributed by atoms with E-state index >= 15 is 0 Å². The van der Waals surface area contributed by atoms with Gasteiger partial charge >= 0.3 is 6.09 Å². The van der Waals surface area contributed by atoms with Crippen LogP contribution in [0, 0.1) is 5.92 Å². The minimum absolute atomic E-state index is 0.0152. The average Bonchev–Trinajstić information content (AvgIpc) is 3.92. The molecule has 3 heterocycles. The van der Waals surface area contributed by atoms with Crippen molar-refractivity contribution in [1.82, 2.24) is 25.6 Å². The van der Waals surface area contributed by atoms with Gasteiger partial charge in [0.05, 0.1) is 10.1 Å². The Morgan fingerprint density at radius 1 is 1.04 bits per heavy atom. The van der Waals surface area contributed by atoms with Crippen LogP contribution in [0.1, 0.15) is 88.2 Å². The topological polar surface area (TPSA) is 180 Å². The standard InChI is InChI=1S/C35H45N5O8S2/c1-34(2,3)48-33(45)37-25-13-8-6-4-5-7-12-22-19-35(22,32(44)39-50(46,47)24-15-16-24)38-29(41)26-18-23(20-40(26)31(25)43)36-30(42)28-17-21-11-9-10-14-27(21)49-28/h7,9-12,14,17,22-26H,4-6,8,13,15-16,18-20H2,1-3H3,(H,36,42)(H,37,45)(H,38,41)(H,39,44)/t22-,23-,25+,26+,35-/m1/s1. The van der Waals surface area contributed by atoms with Gasteiger partial charge in [-0.05, 0) is 83.2 Å². The smallest absolute Gasteiger partial charge is 0.408 e. The third kappa shape index (κ3) is 8.14. The van der Waals surface area contributed by atoms with Gasteiger partial charge in [-0.1, -0.05) is 43.2 Å². The lowest BCUT2D eigenvalue weighted by Crippen LogP contribution is -2.58. The molecule has 270 valence electrons. The lowest BCUT2D eigenvalue weighted by atomic mass is 10.0. The van der Waals surface area contributed by atoms with Gasteiger partial charge in [-0.3, -0.25) is 23.9 Å². The fourth-order valence-corrected chi connectivity index (χ4v) is 9.03. The molecule has 0 unspecified atom stereocenters. The van der Waals surface area contributed by atoms with E-state index in [-0.39, 0.29) is 25.3 Å². The Morgan fingerprint density at radius 2 is 1.80 bits per heavy atom. The maximum atomic E-state index is 14.3. The largest absolute Gasteiger partial charge is 0.444 e. The summed E-state index contributed by atoms with van der Waals surface area (Å²) in [6, 6.07) is 6.67. The molecule has 2 aliphatic carbocycles. The zero-order chi connectivity index (χ0) is 35.8. The second-order valence-electron chi connectivity index (χ2n) is 14.8. The molecule has 5 amide bonds. The zero-order valence-electron chi connectivity index (χ0n) is 28.5. The summed E-state index contributed by atoms with van der Waals surface area (Å²) in [6.45, 7) is 5.14. The summed E-state index contributed by atoms with van der Waals surface area (Å²) in [6.07, 6.45) is 7.37. The summed E-state index contributed by atoms with van der Waals surface area (Å²) in [7, 11) is -3.89. The molecule has 15 heteroatoms. The number of nitrogens with one attached hydrogen (secondary N) is 4. The van der Waals surface area contributed by atoms with Crippen molar-refractivity contribution in [3.05, 3.63) is 47.4 Å². The molecule has 1 aromatic heterocycles. The highest BCUT2D eigenvalue weighted by Crippen LogP contribution is 2.46.